The smallest absolute Gasteiger partial charge is 0.337 e. The molecule has 1 unspecified atom stereocenters. The van der Waals surface area contributed by atoms with Gasteiger partial charge < -0.3 is 19.0 Å². The zero-order valence-electron chi connectivity index (χ0n) is 13.6. The first kappa shape index (κ1) is 16.4. The van der Waals surface area contributed by atoms with Crippen molar-refractivity contribution in [3.05, 3.63) is 59.9 Å². The van der Waals surface area contributed by atoms with Crippen molar-refractivity contribution in [1.29, 1.82) is 0 Å². The van der Waals surface area contributed by atoms with Crippen molar-refractivity contribution in [2.24, 2.45) is 0 Å². The molecule has 3 rings (SSSR count). The zero-order chi connectivity index (χ0) is 17.8. The molecule has 0 aliphatic rings. The van der Waals surface area contributed by atoms with E-state index in [0.717, 1.165) is 0 Å². The van der Waals surface area contributed by atoms with E-state index in [0.29, 0.717) is 22.5 Å². The van der Waals surface area contributed by atoms with E-state index < -0.39 is 12.0 Å². The standard InChI is InChI=1S/C17H15N3O5/c1-10(18-15(21)13-7-8-24-9-13)16-19-14(20-25-16)11-3-5-12(6-4-11)17(22)23-2/h3-10H,1-2H3,(H,18,21). The van der Waals surface area contributed by atoms with Gasteiger partial charge in [0.05, 0.1) is 24.5 Å². The van der Waals surface area contributed by atoms with Crippen molar-refractivity contribution in [3.63, 3.8) is 0 Å². The van der Waals surface area contributed by atoms with Crippen LogP contribution in [0.1, 0.15) is 39.6 Å². The number of nitrogens with zero attached hydrogens (tertiary/aromatic N) is 2. The molecule has 1 N–H and O–H groups in total. The maximum Gasteiger partial charge on any atom is 0.337 e. The van der Waals surface area contributed by atoms with Crippen molar-refractivity contribution >= 4 is 11.9 Å². The summed E-state index contributed by atoms with van der Waals surface area (Å²) in [4.78, 5) is 27.7. The maximum atomic E-state index is 12.0. The number of rotatable bonds is 5. The van der Waals surface area contributed by atoms with Gasteiger partial charge in [-0.3, -0.25) is 4.79 Å². The van der Waals surface area contributed by atoms with Crippen LogP contribution < -0.4 is 5.32 Å². The third-order valence-electron chi connectivity index (χ3n) is 3.51. The van der Waals surface area contributed by atoms with Gasteiger partial charge in [0.2, 0.25) is 11.7 Å². The molecule has 2 aromatic heterocycles. The Morgan fingerprint density at radius 1 is 1.16 bits per heavy atom. The van der Waals surface area contributed by atoms with Crippen molar-refractivity contribution < 1.29 is 23.3 Å². The SMILES string of the molecule is COC(=O)c1ccc(-c2noc(C(C)NC(=O)c3ccoc3)n2)cc1. The minimum absolute atomic E-state index is 0.267. The number of furan rings is 1. The second-order valence-electron chi connectivity index (χ2n) is 5.23. The number of nitrogens with one attached hydrogen (secondary N) is 1. The minimum Gasteiger partial charge on any atom is -0.472 e. The van der Waals surface area contributed by atoms with Crippen LogP contribution in [-0.2, 0) is 4.74 Å². The second kappa shape index (κ2) is 7.00. The molecule has 1 amide bonds. The number of aromatic nitrogens is 2. The van der Waals surface area contributed by atoms with E-state index in [2.05, 4.69) is 20.2 Å². The topological polar surface area (TPSA) is 107 Å². The van der Waals surface area contributed by atoms with Crippen LogP contribution in [0.3, 0.4) is 0 Å². The number of ether oxygens (including phenoxy) is 1. The molecular weight excluding hydrogens is 326 g/mol. The number of carbonyl (C=O) groups excluding carboxylic acids is 2. The Hall–Kier alpha value is -3.42. The number of hydrogen-bond donors (Lipinski definition) is 1. The van der Waals surface area contributed by atoms with Crippen LogP contribution in [0.4, 0.5) is 0 Å². The first-order valence-corrected chi connectivity index (χ1v) is 7.44. The molecule has 0 aliphatic carbocycles. The van der Waals surface area contributed by atoms with Gasteiger partial charge in [0.25, 0.3) is 5.91 Å². The summed E-state index contributed by atoms with van der Waals surface area (Å²) in [6, 6.07) is 7.69. The van der Waals surface area contributed by atoms with Gasteiger partial charge in [-0.25, -0.2) is 4.79 Å². The summed E-state index contributed by atoms with van der Waals surface area (Å²) in [5.41, 5.74) is 1.51. The molecule has 0 fully saturated rings. The fraction of sp³-hybridized carbons (Fsp3) is 0.176. The third kappa shape index (κ3) is 3.57. The highest BCUT2D eigenvalue weighted by Crippen LogP contribution is 2.20. The molecule has 8 nitrogen and oxygen atoms in total. The van der Waals surface area contributed by atoms with Crippen LogP contribution in [0.25, 0.3) is 11.4 Å². The summed E-state index contributed by atoms with van der Waals surface area (Å²) in [6.07, 6.45) is 2.77. The molecule has 0 saturated heterocycles. The molecule has 0 saturated carbocycles. The van der Waals surface area contributed by atoms with Gasteiger partial charge in [-0.15, -0.1) is 0 Å². The average Bonchev–Trinajstić information content (AvgIpc) is 3.33. The van der Waals surface area contributed by atoms with E-state index in [1.165, 1.54) is 19.6 Å². The Balaban J connectivity index is 1.71. The predicted molar refractivity (Wildman–Crippen MR) is 85.7 cm³/mol. The quantitative estimate of drug-likeness (QED) is 0.711. The predicted octanol–water partition coefficient (Wildman–Crippen LogP) is 2.61. The van der Waals surface area contributed by atoms with Gasteiger partial charge >= 0.3 is 5.97 Å². The largest absolute Gasteiger partial charge is 0.472 e. The molecule has 1 atom stereocenters. The summed E-state index contributed by atoms with van der Waals surface area (Å²) in [5.74, 6) is -0.0981. The summed E-state index contributed by atoms with van der Waals surface area (Å²) in [7, 11) is 1.32. The number of amides is 1. The van der Waals surface area contributed by atoms with Gasteiger partial charge in [-0.1, -0.05) is 17.3 Å². The van der Waals surface area contributed by atoms with Crippen LogP contribution in [-0.4, -0.2) is 29.1 Å². The minimum atomic E-state index is -0.474. The lowest BCUT2D eigenvalue weighted by molar-refractivity contribution is 0.0600. The first-order valence-electron chi connectivity index (χ1n) is 7.44. The monoisotopic (exact) mass is 341 g/mol. The van der Waals surface area contributed by atoms with Crippen LogP contribution in [0.2, 0.25) is 0 Å². The second-order valence-corrected chi connectivity index (χ2v) is 5.23. The maximum absolute atomic E-state index is 12.0. The van der Waals surface area contributed by atoms with Crippen LogP contribution >= 0.6 is 0 Å². The molecule has 2 heterocycles. The Bertz CT molecular complexity index is 868. The first-order chi connectivity index (χ1) is 12.1. The van der Waals surface area contributed by atoms with E-state index >= 15 is 0 Å². The van der Waals surface area contributed by atoms with E-state index in [9.17, 15) is 9.59 Å². The van der Waals surface area contributed by atoms with Crippen LogP contribution in [0, 0.1) is 0 Å². The number of benzene rings is 1. The molecule has 1 aromatic carbocycles. The lowest BCUT2D eigenvalue weighted by Crippen LogP contribution is -2.26. The van der Waals surface area contributed by atoms with E-state index in [4.69, 9.17) is 8.94 Å². The number of esters is 1. The molecule has 0 bridgehead atoms. The van der Waals surface area contributed by atoms with Gasteiger partial charge in [0, 0.05) is 5.56 Å². The summed E-state index contributed by atoms with van der Waals surface area (Å²) < 4.78 is 14.7. The van der Waals surface area contributed by atoms with Crippen molar-refractivity contribution in [3.8, 4) is 11.4 Å². The molecule has 3 aromatic rings. The van der Waals surface area contributed by atoms with Crippen LogP contribution in [0.15, 0.2) is 51.8 Å². The zero-order valence-corrected chi connectivity index (χ0v) is 13.6. The summed E-state index contributed by atoms with van der Waals surface area (Å²) in [5, 5.41) is 6.64. The highest BCUT2D eigenvalue weighted by molar-refractivity contribution is 5.94. The van der Waals surface area contributed by atoms with Gasteiger partial charge in [0.15, 0.2) is 0 Å². The number of hydrogen-bond acceptors (Lipinski definition) is 7. The number of carbonyl (C=O) groups is 2. The fourth-order valence-corrected chi connectivity index (χ4v) is 2.14. The Morgan fingerprint density at radius 2 is 1.92 bits per heavy atom. The third-order valence-corrected chi connectivity index (χ3v) is 3.51. The summed E-state index contributed by atoms with van der Waals surface area (Å²) in [6.45, 7) is 1.73. The number of methoxy groups -OCH3 is 1. The molecular formula is C17H15N3O5. The molecule has 0 spiro atoms. The Morgan fingerprint density at radius 3 is 2.56 bits per heavy atom. The highest BCUT2D eigenvalue weighted by Gasteiger charge is 2.19. The molecule has 128 valence electrons. The van der Waals surface area contributed by atoms with Crippen molar-refractivity contribution in [1.82, 2.24) is 15.5 Å². The van der Waals surface area contributed by atoms with Gasteiger partial charge in [0.1, 0.15) is 12.3 Å². The Labute approximate surface area is 142 Å². The van der Waals surface area contributed by atoms with Crippen molar-refractivity contribution in [2.45, 2.75) is 13.0 Å². The van der Waals surface area contributed by atoms with Crippen LogP contribution in [0.5, 0.6) is 0 Å². The molecule has 25 heavy (non-hydrogen) atoms. The Kier molecular flexibility index (Phi) is 4.60. The fourth-order valence-electron chi connectivity index (χ4n) is 2.14. The summed E-state index contributed by atoms with van der Waals surface area (Å²) >= 11 is 0. The van der Waals surface area contributed by atoms with E-state index in [1.54, 1.807) is 37.3 Å². The molecule has 0 radical (unpaired) electrons. The molecule has 8 heteroatoms. The normalized spacial score (nSPS) is 11.8. The average molecular weight is 341 g/mol. The van der Waals surface area contributed by atoms with Gasteiger partial charge in [-0.05, 0) is 25.1 Å². The molecule has 0 aliphatic heterocycles. The van der Waals surface area contributed by atoms with E-state index in [-0.39, 0.29) is 11.8 Å². The van der Waals surface area contributed by atoms with E-state index in [1.807, 2.05) is 0 Å². The van der Waals surface area contributed by atoms with Crippen molar-refractivity contribution in [2.75, 3.05) is 7.11 Å². The lowest BCUT2D eigenvalue weighted by atomic mass is 10.1. The highest BCUT2D eigenvalue weighted by atomic mass is 16.5. The van der Waals surface area contributed by atoms with Gasteiger partial charge in [-0.2, -0.15) is 4.98 Å². The lowest BCUT2D eigenvalue weighted by Gasteiger charge is -2.07.